The highest BCUT2D eigenvalue weighted by Crippen LogP contribution is 2.54. The molecule has 2 N–H and O–H groups in total. The number of aryl methyl sites for hydroxylation is 1. The summed E-state index contributed by atoms with van der Waals surface area (Å²) in [6.45, 7) is 11.7. The van der Waals surface area contributed by atoms with Crippen LogP contribution in [-0.4, -0.2) is 106 Å². The number of hydrogen-bond donors (Lipinski definition) is 2. The van der Waals surface area contributed by atoms with Gasteiger partial charge in [-0.1, -0.05) is 32.9 Å². The zero-order valence-corrected chi connectivity index (χ0v) is 34.3. The summed E-state index contributed by atoms with van der Waals surface area (Å²) in [5.74, 6) is -4.67. The van der Waals surface area contributed by atoms with Crippen molar-refractivity contribution in [3.05, 3.63) is 52.6 Å². The van der Waals surface area contributed by atoms with Crippen LogP contribution in [0.25, 0.3) is 11.1 Å². The quantitative estimate of drug-likeness (QED) is 0.207. The number of amides is 3. The summed E-state index contributed by atoms with van der Waals surface area (Å²) in [6, 6.07) is 6.35. The molecule has 15 nitrogen and oxygen atoms in total. The van der Waals surface area contributed by atoms with E-state index in [1.165, 1.54) is 12.0 Å². The molecule has 0 bridgehead atoms. The van der Waals surface area contributed by atoms with Gasteiger partial charge in [-0.25, -0.2) is 14.4 Å². The van der Waals surface area contributed by atoms with Gasteiger partial charge in [0.05, 0.1) is 25.1 Å². The summed E-state index contributed by atoms with van der Waals surface area (Å²) in [6.07, 6.45) is -0.909. The average molecular weight is 804 g/mol. The number of nitrogens with one attached hydrogen (secondary N) is 1. The molecule has 7 atom stereocenters. The highest BCUT2D eigenvalue weighted by atomic mass is 16.5. The molecular weight excluding hydrogens is 750 g/mol. The number of nitrogens with zero attached hydrogens (tertiary/aromatic N) is 2. The van der Waals surface area contributed by atoms with Gasteiger partial charge in [0.1, 0.15) is 24.4 Å². The molecule has 3 aliphatic heterocycles. The molecule has 2 aromatic rings. The third-order valence-corrected chi connectivity index (χ3v) is 12.9. The number of ketones is 2. The number of esters is 1. The lowest BCUT2D eigenvalue weighted by Gasteiger charge is -2.56. The van der Waals surface area contributed by atoms with Crippen LogP contribution in [-0.2, 0) is 36.9 Å². The normalized spacial score (nSPS) is 26.8. The molecule has 1 aliphatic carbocycles. The summed E-state index contributed by atoms with van der Waals surface area (Å²) in [5, 5.41) is 26.5. The lowest BCUT2D eigenvalue weighted by Crippen LogP contribution is -2.80. The Hall–Kier alpha value is -5.31. The number of ether oxygens (including phenoxy) is 3. The van der Waals surface area contributed by atoms with Crippen molar-refractivity contribution in [3.63, 3.8) is 0 Å². The first kappa shape index (κ1) is 42.3. The largest absolute Gasteiger partial charge is 0.498 e. The predicted molar refractivity (Wildman–Crippen MR) is 206 cm³/mol. The molecule has 2 saturated heterocycles. The SMILES string of the molecule is COC(=O)N[C@H](C(=O)N1[C@@H](C)CC[C@H]1C(=O)OCC(=O)c1ccc2c(c1)COc1cc3c(cc1-2)CCC([C@]1(C(=O)O)C[C@H](C)C[N+]1(C(=O)[O-])C(C)(C)C)C3=O)C(C)C. The number of fused-ring (bicyclic) bond motifs is 4. The Morgan fingerprint density at radius 3 is 2.34 bits per heavy atom. The Morgan fingerprint density at radius 1 is 1.02 bits per heavy atom. The van der Waals surface area contributed by atoms with Gasteiger partial charge in [0.2, 0.25) is 11.4 Å². The number of methoxy groups -OCH3 is 1. The molecule has 15 heteroatoms. The summed E-state index contributed by atoms with van der Waals surface area (Å²) in [5.41, 5.74) is 0.409. The van der Waals surface area contributed by atoms with E-state index in [0.717, 1.165) is 5.56 Å². The predicted octanol–water partition coefficient (Wildman–Crippen LogP) is 4.30. The van der Waals surface area contributed by atoms with E-state index < -0.39 is 81.8 Å². The van der Waals surface area contributed by atoms with E-state index in [1.54, 1.807) is 58.9 Å². The summed E-state index contributed by atoms with van der Waals surface area (Å²) in [7, 11) is 1.20. The number of carbonyl (C=O) groups excluding carboxylic acids is 6. The number of likely N-dealkylation sites (tertiary alicyclic amines) is 2. The van der Waals surface area contributed by atoms with Crippen molar-refractivity contribution in [2.24, 2.45) is 17.8 Å². The van der Waals surface area contributed by atoms with Crippen molar-refractivity contribution >= 4 is 41.6 Å². The highest BCUT2D eigenvalue weighted by Gasteiger charge is 2.73. The fraction of sp³-hybridized carbons (Fsp3) is 0.558. The molecule has 2 aromatic carbocycles. The first-order chi connectivity index (χ1) is 27.2. The fourth-order valence-electron chi connectivity index (χ4n) is 10.1. The van der Waals surface area contributed by atoms with E-state index in [1.807, 2.05) is 19.9 Å². The van der Waals surface area contributed by atoms with Crippen LogP contribution in [0.4, 0.5) is 9.59 Å². The van der Waals surface area contributed by atoms with Gasteiger partial charge in [0, 0.05) is 35.1 Å². The van der Waals surface area contributed by atoms with Crippen molar-refractivity contribution < 1.29 is 62.5 Å². The molecule has 0 saturated carbocycles. The van der Waals surface area contributed by atoms with E-state index in [2.05, 4.69) is 10.1 Å². The highest BCUT2D eigenvalue weighted by molar-refractivity contribution is 6.05. The lowest BCUT2D eigenvalue weighted by molar-refractivity contribution is -0.948. The van der Waals surface area contributed by atoms with E-state index in [4.69, 9.17) is 9.47 Å². The molecule has 4 aliphatic rings. The first-order valence-electron chi connectivity index (χ1n) is 19.9. The summed E-state index contributed by atoms with van der Waals surface area (Å²) >= 11 is 0. The number of Topliss-reactive ketones (excluding diaryl/α,β-unsaturated/α-hetero) is 2. The molecular formula is C43H53N3O12. The monoisotopic (exact) mass is 803 g/mol. The zero-order chi connectivity index (χ0) is 42.6. The Kier molecular flexibility index (Phi) is 11.3. The minimum absolute atomic E-state index is 0.0151. The smallest absolute Gasteiger partial charge is 0.407 e. The Labute approximate surface area is 337 Å². The number of benzene rings is 2. The van der Waals surface area contributed by atoms with E-state index in [-0.39, 0.29) is 49.4 Å². The number of rotatable bonds is 9. The van der Waals surface area contributed by atoms with Gasteiger partial charge in [-0.2, -0.15) is 0 Å². The van der Waals surface area contributed by atoms with Gasteiger partial charge in [-0.05, 0) is 94.2 Å². The van der Waals surface area contributed by atoms with Gasteiger partial charge in [-0.15, -0.1) is 0 Å². The molecule has 58 heavy (non-hydrogen) atoms. The van der Waals surface area contributed by atoms with Crippen molar-refractivity contribution in [1.29, 1.82) is 0 Å². The minimum atomic E-state index is -1.93. The van der Waals surface area contributed by atoms with Crippen molar-refractivity contribution in [2.75, 3.05) is 20.3 Å². The lowest BCUT2D eigenvalue weighted by atomic mass is 9.67. The van der Waals surface area contributed by atoms with Gasteiger partial charge >= 0.3 is 18.0 Å². The van der Waals surface area contributed by atoms with Crippen LogP contribution in [0.1, 0.15) is 106 Å². The summed E-state index contributed by atoms with van der Waals surface area (Å²) < 4.78 is 15.4. The van der Waals surface area contributed by atoms with Crippen LogP contribution >= 0.6 is 0 Å². The third kappa shape index (κ3) is 6.80. The molecule has 0 aromatic heterocycles. The van der Waals surface area contributed by atoms with E-state index >= 15 is 0 Å². The van der Waals surface area contributed by atoms with Crippen LogP contribution in [0.3, 0.4) is 0 Å². The minimum Gasteiger partial charge on any atom is -0.498 e. The second-order valence-corrected chi connectivity index (χ2v) is 17.7. The maximum Gasteiger partial charge on any atom is 0.407 e. The fourth-order valence-corrected chi connectivity index (χ4v) is 10.1. The van der Waals surface area contributed by atoms with Gasteiger partial charge in [-0.3, -0.25) is 18.9 Å². The average Bonchev–Trinajstić information content (AvgIpc) is 3.73. The Bertz CT molecular complexity index is 2070. The molecule has 0 spiro atoms. The number of carboxylic acid groups (broad SMARTS) is 2. The maximum absolute atomic E-state index is 14.4. The number of carbonyl (C=O) groups is 7. The van der Waals surface area contributed by atoms with Crippen LogP contribution in [0.15, 0.2) is 30.3 Å². The van der Waals surface area contributed by atoms with Gasteiger partial charge < -0.3 is 39.4 Å². The van der Waals surface area contributed by atoms with Gasteiger partial charge in [0.25, 0.3) is 6.09 Å². The molecule has 2 unspecified atom stereocenters. The standard InChI is InChI=1S/C43H53N3O12/c1-22(2)35(44-40(53)56-8)37(49)45-24(4)9-14-32(45)38(50)58-21-33(47)26-10-12-28-27(15-26)20-57-34-17-29-25(16-30(28)34)11-13-31(36(29)48)43(39(51)52)18-23(3)19-46(43,41(54)55)42(5,6)7/h10,12,15-17,22-24,31-32,35H,9,11,13-14,18-21H2,1-8H3,(H2-,44,51,52,53,54,55)/t23-,24-,31?,32-,35-,43-,46?/m0/s1. The van der Waals surface area contributed by atoms with Gasteiger partial charge in [0.15, 0.2) is 18.2 Å². The van der Waals surface area contributed by atoms with E-state index in [9.17, 15) is 43.8 Å². The van der Waals surface area contributed by atoms with Crippen molar-refractivity contribution in [3.8, 4) is 16.9 Å². The second kappa shape index (κ2) is 15.5. The topological polar surface area (TPSA) is 206 Å². The van der Waals surface area contributed by atoms with Crippen molar-refractivity contribution in [1.82, 2.24) is 10.2 Å². The van der Waals surface area contributed by atoms with E-state index in [0.29, 0.717) is 47.3 Å². The molecule has 2 fully saturated rings. The first-order valence-corrected chi connectivity index (χ1v) is 19.9. The third-order valence-electron chi connectivity index (χ3n) is 12.9. The number of quaternary nitrogens is 1. The molecule has 6 rings (SSSR count). The number of aliphatic carboxylic acids is 1. The summed E-state index contributed by atoms with van der Waals surface area (Å²) in [4.78, 5) is 94.4. The molecule has 312 valence electrons. The second-order valence-electron chi connectivity index (χ2n) is 17.7. The van der Waals surface area contributed by atoms with Crippen molar-refractivity contribution in [2.45, 2.75) is 116 Å². The number of hydrogen-bond acceptors (Lipinski definition) is 11. The molecule has 3 heterocycles. The van der Waals surface area contributed by atoms with Crippen LogP contribution in [0, 0.1) is 17.8 Å². The molecule has 3 amide bonds. The van der Waals surface area contributed by atoms with Crippen LogP contribution in [0.2, 0.25) is 0 Å². The molecule has 0 radical (unpaired) electrons. The Balaban J connectivity index is 1.19. The van der Waals surface area contributed by atoms with Crippen LogP contribution in [0.5, 0.6) is 5.75 Å². The number of alkyl carbamates (subject to hydrolysis) is 1. The number of carboxylic acids is 1. The van der Waals surface area contributed by atoms with Crippen LogP contribution < -0.4 is 15.2 Å². The maximum atomic E-state index is 14.4. The zero-order valence-electron chi connectivity index (χ0n) is 34.3. The Morgan fingerprint density at radius 2 is 1.72 bits per heavy atom.